The molecule has 1 aliphatic rings. The van der Waals surface area contributed by atoms with Crippen LogP contribution in [0.15, 0.2) is 12.1 Å². The largest absolute Gasteiger partial charge is 0.493 e. The molecule has 2 heterocycles. The number of fused-ring (bicyclic) bond motifs is 3. The average Bonchev–Trinajstić information content (AvgIpc) is 2.97. The van der Waals surface area contributed by atoms with E-state index in [1.54, 1.807) is 18.9 Å². The average molecular weight is 275 g/mol. The van der Waals surface area contributed by atoms with Gasteiger partial charge in [-0.2, -0.15) is 4.68 Å². The van der Waals surface area contributed by atoms with Crippen molar-refractivity contribution in [1.82, 2.24) is 20.2 Å². The first kappa shape index (κ1) is 12.7. The number of nitrogens with zero attached hydrogens (tertiary/aromatic N) is 4. The van der Waals surface area contributed by atoms with Gasteiger partial charge >= 0.3 is 0 Å². The van der Waals surface area contributed by atoms with E-state index in [2.05, 4.69) is 34.7 Å². The maximum Gasteiger partial charge on any atom is 0.186 e. The highest BCUT2D eigenvalue weighted by Gasteiger charge is 2.35. The maximum atomic E-state index is 5.35. The van der Waals surface area contributed by atoms with E-state index in [-0.39, 0.29) is 5.66 Å². The number of nitrogens with one attached hydrogen (secondary N) is 1. The second-order valence-electron chi connectivity index (χ2n) is 4.92. The van der Waals surface area contributed by atoms with Crippen LogP contribution in [-0.4, -0.2) is 34.4 Å². The third-order valence-corrected chi connectivity index (χ3v) is 3.79. The van der Waals surface area contributed by atoms with Crippen molar-refractivity contribution >= 4 is 5.69 Å². The fraction of sp³-hybridized carbons (Fsp3) is 0.462. The number of hydrogen-bond acceptors (Lipinski definition) is 6. The van der Waals surface area contributed by atoms with Gasteiger partial charge in [-0.1, -0.05) is 6.92 Å². The van der Waals surface area contributed by atoms with Crippen LogP contribution in [-0.2, 0) is 5.66 Å². The summed E-state index contributed by atoms with van der Waals surface area (Å²) in [6, 6.07) is 3.80. The highest BCUT2D eigenvalue weighted by Crippen LogP contribution is 2.43. The summed E-state index contributed by atoms with van der Waals surface area (Å²) < 4.78 is 12.5. The number of anilines is 1. The zero-order valence-corrected chi connectivity index (χ0v) is 12.0. The molecule has 2 aromatic rings. The number of aromatic nitrogens is 4. The van der Waals surface area contributed by atoms with Crippen LogP contribution in [0.25, 0.3) is 11.4 Å². The monoisotopic (exact) mass is 275 g/mol. The first-order chi connectivity index (χ1) is 9.62. The second-order valence-corrected chi connectivity index (χ2v) is 4.92. The summed E-state index contributed by atoms with van der Waals surface area (Å²) in [5.41, 5.74) is 1.48. The summed E-state index contributed by atoms with van der Waals surface area (Å²) in [6.45, 7) is 4.15. The summed E-state index contributed by atoms with van der Waals surface area (Å²) >= 11 is 0. The topological polar surface area (TPSA) is 74.1 Å². The van der Waals surface area contributed by atoms with Gasteiger partial charge in [-0.25, -0.2) is 0 Å². The molecule has 0 bridgehead atoms. The van der Waals surface area contributed by atoms with Gasteiger partial charge in [0.2, 0.25) is 0 Å². The molecule has 0 saturated heterocycles. The molecule has 3 rings (SSSR count). The summed E-state index contributed by atoms with van der Waals surface area (Å²) in [5, 5.41) is 15.5. The molecule has 1 aromatic heterocycles. The molecule has 0 radical (unpaired) electrons. The maximum absolute atomic E-state index is 5.35. The minimum atomic E-state index is -0.356. The van der Waals surface area contributed by atoms with Crippen molar-refractivity contribution in [3.8, 4) is 22.9 Å². The number of tetrazole rings is 1. The van der Waals surface area contributed by atoms with Gasteiger partial charge in [0.1, 0.15) is 5.66 Å². The van der Waals surface area contributed by atoms with E-state index < -0.39 is 0 Å². The Morgan fingerprint density at radius 3 is 2.60 bits per heavy atom. The van der Waals surface area contributed by atoms with Gasteiger partial charge in [0.05, 0.1) is 19.9 Å². The zero-order chi connectivity index (χ0) is 14.3. The zero-order valence-electron chi connectivity index (χ0n) is 12.0. The van der Waals surface area contributed by atoms with E-state index in [4.69, 9.17) is 9.47 Å². The number of benzene rings is 1. The fourth-order valence-electron chi connectivity index (χ4n) is 2.44. The molecule has 20 heavy (non-hydrogen) atoms. The van der Waals surface area contributed by atoms with E-state index in [0.717, 1.165) is 23.5 Å². The van der Waals surface area contributed by atoms with Gasteiger partial charge in [0.15, 0.2) is 17.3 Å². The summed E-state index contributed by atoms with van der Waals surface area (Å²) in [7, 11) is 3.23. The van der Waals surface area contributed by atoms with Crippen molar-refractivity contribution in [3.63, 3.8) is 0 Å². The van der Waals surface area contributed by atoms with Crippen molar-refractivity contribution < 1.29 is 9.47 Å². The van der Waals surface area contributed by atoms with E-state index in [1.807, 2.05) is 12.1 Å². The van der Waals surface area contributed by atoms with Gasteiger partial charge in [-0.15, -0.1) is 5.10 Å². The molecule has 1 atom stereocenters. The lowest BCUT2D eigenvalue weighted by Crippen LogP contribution is -2.42. The minimum Gasteiger partial charge on any atom is -0.493 e. The van der Waals surface area contributed by atoms with Crippen molar-refractivity contribution in [2.24, 2.45) is 0 Å². The van der Waals surface area contributed by atoms with E-state index in [0.29, 0.717) is 11.5 Å². The second kappa shape index (κ2) is 4.36. The number of hydrogen-bond donors (Lipinski definition) is 1. The van der Waals surface area contributed by atoms with Crippen LogP contribution in [0, 0.1) is 0 Å². The predicted octanol–water partition coefficient (Wildman–Crippen LogP) is 1.87. The van der Waals surface area contributed by atoms with Crippen molar-refractivity contribution in [2.75, 3.05) is 19.5 Å². The van der Waals surface area contributed by atoms with Gasteiger partial charge in [0.25, 0.3) is 0 Å². The smallest absolute Gasteiger partial charge is 0.186 e. The molecule has 0 amide bonds. The summed E-state index contributed by atoms with van der Waals surface area (Å²) in [6.07, 6.45) is 0.846. The van der Waals surface area contributed by atoms with Crippen molar-refractivity contribution in [1.29, 1.82) is 0 Å². The SMILES string of the molecule is CCC1(C)Nc2cc(OC)c(OC)cc2-c2nnnn21. The molecule has 1 N–H and O–H groups in total. The first-order valence-corrected chi connectivity index (χ1v) is 6.46. The molecular formula is C13H17N5O2. The molecule has 0 spiro atoms. The molecule has 0 aliphatic carbocycles. The highest BCUT2D eigenvalue weighted by molar-refractivity contribution is 5.80. The van der Waals surface area contributed by atoms with Crippen LogP contribution in [0.2, 0.25) is 0 Å². The Balaban J connectivity index is 2.23. The van der Waals surface area contributed by atoms with Crippen LogP contribution < -0.4 is 14.8 Å². The highest BCUT2D eigenvalue weighted by atomic mass is 16.5. The van der Waals surface area contributed by atoms with Crippen LogP contribution in [0.5, 0.6) is 11.5 Å². The molecule has 1 unspecified atom stereocenters. The molecular weight excluding hydrogens is 258 g/mol. The van der Waals surface area contributed by atoms with E-state index >= 15 is 0 Å². The Labute approximate surface area is 116 Å². The Hall–Kier alpha value is -2.31. The Bertz CT molecular complexity index is 654. The number of rotatable bonds is 3. The molecule has 0 saturated carbocycles. The Morgan fingerprint density at radius 1 is 1.25 bits per heavy atom. The van der Waals surface area contributed by atoms with Crippen LogP contribution in [0.1, 0.15) is 20.3 Å². The third-order valence-electron chi connectivity index (χ3n) is 3.79. The molecule has 1 aliphatic heterocycles. The number of ether oxygens (including phenoxy) is 2. The Morgan fingerprint density at radius 2 is 1.95 bits per heavy atom. The Kier molecular flexibility index (Phi) is 2.77. The van der Waals surface area contributed by atoms with Crippen LogP contribution in [0.3, 0.4) is 0 Å². The van der Waals surface area contributed by atoms with Gasteiger partial charge in [-0.3, -0.25) is 0 Å². The lowest BCUT2D eigenvalue weighted by molar-refractivity contribution is 0.312. The minimum absolute atomic E-state index is 0.356. The van der Waals surface area contributed by atoms with Gasteiger partial charge in [-0.05, 0) is 29.8 Å². The van der Waals surface area contributed by atoms with Crippen LogP contribution >= 0.6 is 0 Å². The fourth-order valence-corrected chi connectivity index (χ4v) is 2.44. The molecule has 1 aromatic carbocycles. The first-order valence-electron chi connectivity index (χ1n) is 6.46. The van der Waals surface area contributed by atoms with Crippen molar-refractivity contribution in [2.45, 2.75) is 25.9 Å². The van der Waals surface area contributed by atoms with Crippen LogP contribution in [0.4, 0.5) is 5.69 Å². The number of methoxy groups -OCH3 is 2. The molecule has 0 fully saturated rings. The molecule has 7 nitrogen and oxygen atoms in total. The molecule has 106 valence electrons. The molecule has 7 heteroatoms. The lowest BCUT2D eigenvalue weighted by Gasteiger charge is -2.36. The van der Waals surface area contributed by atoms with Gasteiger partial charge < -0.3 is 14.8 Å². The lowest BCUT2D eigenvalue weighted by atomic mass is 10.0. The third kappa shape index (κ3) is 1.62. The van der Waals surface area contributed by atoms with E-state index in [9.17, 15) is 0 Å². The normalized spacial score (nSPS) is 19.8. The van der Waals surface area contributed by atoms with Gasteiger partial charge in [0, 0.05) is 11.6 Å². The summed E-state index contributed by atoms with van der Waals surface area (Å²) in [4.78, 5) is 0. The quantitative estimate of drug-likeness (QED) is 0.921. The predicted molar refractivity (Wildman–Crippen MR) is 73.9 cm³/mol. The van der Waals surface area contributed by atoms with Crippen molar-refractivity contribution in [3.05, 3.63) is 12.1 Å². The summed E-state index contributed by atoms with van der Waals surface area (Å²) in [5.74, 6) is 2.06. The van der Waals surface area contributed by atoms with E-state index in [1.165, 1.54) is 0 Å². The standard InChI is InChI=1S/C13H17N5O2/c1-5-13(2)14-9-7-11(20-4)10(19-3)6-8(9)12-15-16-17-18(12)13/h6-7,14H,5H2,1-4H3.